The third-order valence-electron chi connectivity index (χ3n) is 6.66. The minimum Gasteiger partial charge on any atom is -0.480 e. The number of rotatable bonds is 3. The van der Waals surface area contributed by atoms with Gasteiger partial charge in [-0.2, -0.15) is 0 Å². The maximum absolute atomic E-state index is 13.0. The second-order valence-electron chi connectivity index (χ2n) is 8.11. The molecule has 0 aromatic carbocycles. The summed E-state index contributed by atoms with van der Waals surface area (Å²) in [4.78, 5) is 52.1. The average Bonchev–Trinajstić information content (AvgIpc) is 3.28. The van der Waals surface area contributed by atoms with Gasteiger partial charge in [-0.25, -0.2) is 9.59 Å². The number of hydrogen-bond donors (Lipinski definition) is 2. The Bertz CT molecular complexity index is 657. The van der Waals surface area contributed by atoms with Gasteiger partial charge in [0, 0.05) is 6.04 Å². The van der Waals surface area contributed by atoms with E-state index >= 15 is 0 Å². The number of carboxylic acids is 1. The van der Waals surface area contributed by atoms with E-state index < -0.39 is 29.5 Å². The summed E-state index contributed by atoms with van der Waals surface area (Å²) in [5.74, 6) is -1.56. The number of nitrogens with one attached hydrogen (secondary N) is 1. The smallest absolute Gasteiger partial charge is 0.326 e. The zero-order chi connectivity index (χ0) is 18.5. The van der Waals surface area contributed by atoms with E-state index in [9.17, 15) is 24.3 Å². The Hall–Kier alpha value is -2.12. The Morgan fingerprint density at radius 1 is 1.12 bits per heavy atom. The van der Waals surface area contributed by atoms with Crippen LogP contribution in [0.3, 0.4) is 0 Å². The van der Waals surface area contributed by atoms with Crippen LogP contribution >= 0.6 is 0 Å². The predicted molar refractivity (Wildman–Crippen MR) is 90.1 cm³/mol. The van der Waals surface area contributed by atoms with Gasteiger partial charge < -0.3 is 15.3 Å². The molecule has 4 aliphatic rings. The molecule has 0 unspecified atom stereocenters. The molecular weight excluding hydrogens is 338 g/mol. The number of fused-ring (bicyclic) bond motifs is 1. The van der Waals surface area contributed by atoms with Gasteiger partial charge >= 0.3 is 12.0 Å². The molecule has 4 fully saturated rings. The van der Waals surface area contributed by atoms with E-state index in [0.29, 0.717) is 19.3 Å². The van der Waals surface area contributed by atoms with Crippen molar-refractivity contribution in [1.29, 1.82) is 0 Å². The second-order valence-corrected chi connectivity index (χ2v) is 8.11. The standard InChI is InChI=1S/C18H25N3O5/c22-14(10-20-16(25)18(19-17(20)26)7-3-4-8-18)21-12-6-2-1-5-11(12)9-13(21)15(23)24/h11-13H,1-10H2,(H,19,26)(H,23,24)/t11-,12+,13-/m0/s1. The topological polar surface area (TPSA) is 107 Å². The Kier molecular flexibility index (Phi) is 4.16. The van der Waals surface area contributed by atoms with Gasteiger partial charge in [0.2, 0.25) is 5.91 Å². The number of amides is 4. The lowest BCUT2D eigenvalue weighted by Crippen LogP contribution is -2.51. The van der Waals surface area contributed by atoms with Crippen LogP contribution in [0.5, 0.6) is 0 Å². The van der Waals surface area contributed by atoms with Gasteiger partial charge in [-0.1, -0.05) is 25.7 Å². The Morgan fingerprint density at radius 2 is 1.81 bits per heavy atom. The molecule has 0 bridgehead atoms. The molecule has 2 N–H and O–H groups in total. The van der Waals surface area contributed by atoms with Crippen molar-refractivity contribution in [2.45, 2.75) is 75.4 Å². The van der Waals surface area contributed by atoms with Gasteiger partial charge in [-0.05, 0) is 38.0 Å². The fraction of sp³-hybridized carbons (Fsp3) is 0.778. The van der Waals surface area contributed by atoms with Crippen LogP contribution < -0.4 is 5.32 Å². The Balaban J connectivity index is 1.52. The van der Waals surface area contributed by atoms with Crippen LogP contribution in [0.1, 0.15) is 57.8 Å². The first-order chi connectivity index (χ1) is 12.4. The van der Waals surface area contributed by atoms with Crippen molar-refractivity contribution in [1.82, 2.24) is 15.1 Å². The first kappa shape index (κ1) is 17.3. The molecular formula is C18H25N3O5. The fourth-order valence-corrected chi connectivity index (χ4v) is 5.39. The quantitative estimate of drug-likeness (QED) is 0.730. The number of aliphatic carboxylic acids is 1. The molecule has 2 aliphatic carbocycles. The highest BCUT2D eigenvalue weighted by Crippen LogP contribution is 2.40. The number of hydrogen-bond acceptors (Lipinski definition) is 4. The van der Waals surface area contributed by atoms with Gasteiger partial charge in [0.1, 0.15) is 18.1 Å². The van der Waals surface area contributed by atoms with Crippen molar-refractivity contribution in [2.75, 3.05) is 6.54 Å². The molecule has 8 nitrogen and oxygen atoms in total. The van der Waals surface area contributed by atoms with E-state index in [1.165, 1.54) is 4.90 Å². The van der Waals surface area contributed by atoms with Gasteiger partial charge in [-0.15, -0.1) is 0 Å². The van der Waals surface area contributed by atoms with Crippen molar-refractivity contribution in [3.63, 3.8) is 0 Å². The number of urea groups is 1. The van der Waals surface area contributed by atoms with Crippen LogP contribution in [-0.4, -0.2) is 62.9 Å². The third kappa shape index (κ3) is 2.57. The summed E-state index contributed by atoms with van der Waals surface area (Å²) in [6.07, 6.45) is 7.21. The van der Waals surface area contributed by atoms with Gasteiger partial charge in [-0.3, -0.25) is 14.5 Å². The number of carbonyl (C=O) groups excluding carboxylic acids is 3. The zero-order valence-corrected chi connectivity index (χ0v) is 14.8. The molecule has 0 aromatic heterocycles. The highest BCUT2D eigenvalue weighted by atomic mass is 16.4. The predicted octanol–water partition coefficient (Wildman–Crippen LogP) is 1.10. The van der Waals surface area contributed by atoms with Crippen molar-refractivity contribution in [3.05, 3.63) is 0 Å². The molecule has 0 aromatic rings. The number of carbonyl (C=O) groups is 4. The van der Waals surface area contributed by atoms with E-state index in [0.717, 1.165) is 43.4 Å². The fourth-order valence-electron chi connectivity index (χ4n) is 5.39. The van der Waals surface area contributed by atoms with Gasteiger partial charge in [0.15, 0.2) is 0 Å². The molecule has 4 amide bonds. The van der Waals surface area contributed by atoms with Crippen LogP contribution in [0.25, 0.3) is 0 Å². The number of imide groups is 1. The number of nitrogens with zero attached hydrogens (tertiary/aromatic N) is 2. The first-order valence-electron chi connectivity index (χ1n) is 9.61. The molecule has 2 saturated heterocycles. The highest BCUT2D eigenvalue weighted by molar-refractivity contribution is 6.09. The molecule has 3 atom stereocenters. The van der Waals surface area contributed by atoms with Crippen LogP contribution in [0.4, 0.5) is 4.79 Å². The summed E-state index contributed by atoms with van der Waals surface area (Å²) in [5.41, 5.74) is -0.845. The molecule has 2 heterocycles. The largest absolute Gasteiger partial charge is 0.480 e. The van der Waals surface area contributed by atoms with E-state index in [-0.39, 0.29) is 24.4 Å². The lowest BCUT2D eigenvalue weighted by Gasteiger charge is -2.33. The molecule has 2 aliphatic heterocycles. The number of carboxylic acid groups (broad SMARTS) is 1. The SMILES string of the molecule is O=C(O)[C@@H]1C[C@@H]2CCCC[C@H]2N1C(=O)CN1C(=O)NC2(CCCC2)C1=O. The molecule has 26 heavy (non-hydrogen) atoms. The van der Waals surface area contributed by atoms with Crippen molar-refractivity contribution in [3.8, 4) is 0 Å². The summed E-state index contributed by atoms with van der Waals surface area (Å²) in [5, 5.41) is 12.3. The normalized spacial score (nSPS) is 32.8. The summed E-state index contributed by atoms with van der Waals surface area (Å²) in [6.45, 7) is -0.362. The molecule has 1 spiro atoms. The van der Waals surface area contributed by atoms with Crippen molar-refractivity contribution >= 4 is 23.8 Å². The van der Waals surface area contributed by atoms with Gasteiger partial charge in [0.25, 0.3) is 5.91 Å². The van der Waals surface area contributed by atoms with Crippen LogP contribution in [0.2, 0.25) is 0 Å². The van der Waals surface area contributed by atoms with Crippen molar-refractivity contribution < 1.29 is 24.3 Å². The summed E-state index contributed by atoms with van der Waals surface area (Å²) >= 11 is 0. The zero-order valence-electron chi connectivity index (χ0n) is 14.8. The minimum atomic E-state index is -1.00. The molecule has 142 valence electrons. The summed E-state index contributed by atoms with van der Waals surface area (Å²) in [7, 11) is 0. The molecule has 2 saturated carbocycles. The van der Waals surface area contributed by atoms with E-state index in [2.05, 4.69) is 5.32 Å². The van der Waals surface area contributed by atoms with Crippen LogP contribution in [-0.2, 0) is 14.4 Å². The molecule has 8 heteroatoms. The summed E-state index contributed by atoms with van der Waals surface area (Å²) < 4.78 is 0. The van der Waals surface area contributed by atoms with Gasteiger partial charge in [0.05, 0.1) is 0 Å². The maximum atomic E-state index is 13.0. The second kappa shape index (κ2) is 6.25. The van der Waals surface area contributed by atoms with Crippen LogP contribution in [0.15, 0.2) is 0 Å². The first-order valence-corrected chi connectivity index (χ1v) is 9.61. The lowest BCUT2D eigenvalue weighted by molar-refractivity contribution is -0.150. The van der Waals surface area contributed by atoms with Crippen LogP contribution in [0, 0.1) is 5.92 Å². The molecule has 0 radical (unpaired) electrons. The number of likely N-dealkylation sites (tertiary alicyclic amines) is 1. The minimum absolute atomic E-state index is 0.0847. The van der Waals surface area contributed by atoms with Crippen molar-refractivity contribution in [2.24, 2.45) is 5.92 Å². The Labute approximate surface area is 151 Å². The maximum Gasteiger partial charge on any atom is 0.326 e. The third-order valence-corrected chi connectivity index (χ3v) is 6.66. The van der Waals surface area contributed by atoms with E-state index in [1.54, 1.807) is 0 Å². The average molecular weight is 363 g/mol. The Morgan fingerprint density at radius 3 is 2.50 bits per heavy atom. The van der Waals surface area contributed by atoms with E-state index in [4.69, 9.17) is 0 Å². The lowest BCUT2D eigenvalue weighted by atomic mass is 9.85. The summed E-state index contributed by atoms with van der Waals surface area (Å²) in [6, 6.07) is -1.47. The monoisotopic (exact) mass is 363 g/mol. The highest BCUT2D eigenvalue weighted by Gasteiger charge is 2.54. The molecule has 4 rings (SSSR count). The van der Waals surface area contributed by atoms with E-state index in [1.807, 2.05) is 0 Å².